The number of hydrogen-bond acceptors (Lipinski definition) is 4. The number of fused-ring (bicyclic) bond motifs is 1. The fraction of sp³-hybridized carbons (Fsp3) is 0.200. The molecule has 4 heteroatoms. The first-order chi connectivity index (χ1) is 6.83. The highest BCUT2D eigenvalue weighted by atomic mass is 16.5. The summed E-state index contributed by atoms with van der Waals surface area (Å²) < 4.78 is 10.3. The summed E-state index contributed by atoms with van der Waals surface area (Å²) in [7, 11) is 0. The molecule has 0 aliphatic heterocycles. The Morgan fingerprint density at radius 3 is 3.21 bits per heavy atom. The van der Waals surface area contributed by atoms with Gasteiger partial charge in [-0.15, -0.1) is 0 Å². The van der Waals surface area contributed by atoms with Crippen LogP contribution in [0.5, 0.6) is 0 Å². The van der Waals surface area contributed by atoms with E-state index in [0.29, 0.717) is 12.3 Å². The molecule has 0 radical (unpaired) electrons. The van der Waals surface area contributed by atoms with Crippen LogP contribution in [-0.2, 0) is 4.74 Å². The molecule has 0 saturated carbocycles. The summed E-state index contributed by atoms with van der Waals surface area (Å²) in [5.74, 6) is 0.0829. The minimum atomic E-state index is 0.0829. The van der Waals surface area contributed by atoms with Crippen molar-refractivity contribution in [3.8, 4) is 0 Å². The second kappa shape index (κ2) is 3.49. The van der Waals surface area contributed by atoms with Gasteiger partial charge < -0.3 is 9.15 Å². The van der Waals surface area contributed by atoms with E-state index in [9.17, 15) is 0 Å². The molecule has 0 unspecified atom stereocenters. The molecule has 0 aliphatic carbocycles. The van der Waals surface area contributed by atoms with Crippen LogP contribution in [0.15, 0.2) is 29.0 Å². The second-order valence-corrected chi connectivity index (χ2v) is 2.75. The Morgan fingerprint density at radius 2 is 2.43 bits per heavy atom. The third-order valence-electron chi connectivity index (χ3n) is 1.88. The standard InChI is InChI=1S/C10H10N2O2/c1-2-13-10(11)9-7-4-6-14-8(7)3-5-12-9/h3-6,11H,2H2,1H3. The van der Waals surface area contributed by atoms with Crippen molar-refractivity contribution in [1.82, 2.24) is 4.98 Å². The molecule has 0 aliphatic rings. The lowest BCUT2D eigenvalue weighted by atomic mass is 10.2. The van der Waals surface area contributed by atoms with Crippen molar-refractivity contribution in [3.05, 3.63) is 30.3 Å². The van der Waals surface area contributed by atoms with Crippen LogP contribution >= 0.6 is 0 Å². The maximum Gasteiger partial charge on any atom is 0.233 e. The molecule has 4 nitrogen and oxygen atoms in total. The highest BCUT2D eigenvalue weighted by Crippen LogP contribution is 2.18. The van der Waals surface area contributed by atoms with Gasteiger partial charge in [-0.25, -0.2) is 0 Å². The Morgan fingerprint density at radius 1 is 1.57 bits per heavy atom. The SMILES string of the molecule is CCOC(=N)c1nccc2occc12. The number of ether oxygens (including phenoxy) is 1. The molecular formula is C10H10N2O2. The first-order valence-corrected chi connectivity index (χ1v) is 4.37. The third-order valence-corrected chi connectivity index (χ3v) is 1.88. The van der Waals surface area contributed by atoms with E-state index in [2.05, 4.69) is 4.98 Å². The second-order valence-electron chi connectivity index (χ2n) is 2.75. The van der Waals surface area contributed by atoms with Gasteiger partial charge in [-0.1, -0.05) is 0 Å². The van der Waals surface area contributed by atoms with Gasteiger partial charge in [-0.3, -0.25) is 10.4 Å². The van der Waals surface area contributed by atoms with Crippen molar-refractivity contribution < 1.29 is 9.15 Å². The van der Waals surface area contributed by atoms with Gasteiger partial charge in [0.05, 0.1) is 18.3 Å². The number of nitrogens with zero attached hydrogens (tertiary/aromatic N) is 1. The Labute approximate surface area is 81.0 Å². The van der Waals surface area contributed by atoms with Crippen molar-refractivity contribution in [1.29, 1.82) is 5.41 Å². The van der Waals surface area contributed by atoms with Crippen LogP contribution < -0.4 is 0 Å². The molecule has 2 aromatic heterocycles. The zero-order chi connectivity index (χ0) is 9.97. The Bertz CT molecular complexity index is 462. The predicted molar refractivity (Wildman–Crippen MR) is 52.5 cm³/mol. The van der Waals surface area contributed by atoms with Crippen LogP contribution in [0.1, 0.15) is 12.6 Å². The lowest BCUT2D eigenvalue weighted by Gasteiger charge is -2.03. The topological polar surface area (TPSA) is 59.1 Å². The van der Waals surface area contributed by atoms with Gasteiger partial charge in [-0.2, -0.15) is 0 Å². The number of rotatable bonds is 2. The summed E-state index contributed by atoms with van der Waals surface area (Å²) in [5.41, 5.74) is 1.25. The van der Waals surface area contributed by atoms with E-state index in [1.165, 1.54) is 0 Å². The van der Waals surface area contributed by atoms with Crippen molar-refractivity contribution in [2.24, 2.45) is 0 Å². The van der Waals surface area contributed by atoms with Gasteiger partial charge in [-0.05, 0) is 19.1 Å². The van der Waals surface area contributed by atoms with Crippen molar-refractivity contribution in [3.63, 3.8) is 0 Å². The first kappa shape index (κ1) is 8.74. The van der Waals surface area contributed by atoms with Gasteiger partial charge in [0.2, 0.25) is 5.90 Å². The molecule has 1 N–H and O–H groups in total. The van der Waals surface area contributed by atoms with Crippen LogP contribution in [0, 0.1) is 5.41 Å². The normalized spacial score (nSPS) is 10.4. The quantitative estimate of drug-likeness (QED) is 0.583. The molecule has 2 rings (SSSR count). The molecule has 0 bridgehead atoms. The summed E-state index contributed by atoms with van der Waals surface area (Å²) in [4.78, 5) is 4.09. The van der Waals surface area contributed by atoms with Gasteiger partial charge in [0.25, 0.3) is 0 Å². The van der Waals surface area contributed by atoms with E-state index in [0.717, 1.165) is 11.0 Å². The molecule has 0 aromatic carbocycles. The van der Waals surface area contributed by atoms with Gasteiger partial charge in [0, 0.05) is 6.20 Å². The molecule has 0 saturated heterocycles. The number of hydrogen-bond donors (Lipinski definition) is 1. The minimum Gasteiger partial charge on any atom is -0.477 e. The number of aromatic nitrogens is 1. The van der Waals surface area contributed by atoms with E-state index in [4.69, 9.17) is 14.6 Å². The number of pyridine rings is 1. The van der Waals surface area contributed by atoms with E-state index in [1.807, 2.05) is 6.92 Å². The van der Waals surface area contributed by atoms with Crippen molar-refractivity contribution >= 4 is 16.9 Å². The van der Waals surface area contributed by atoms with Crippen LogP contribution in [0.3, 0.4) is 0 Å². The van der Waals surface area contributed by atoms with Gasteiger partial charge >= 0.3 is 0 Å². The molecule has 2 aromatic rings. The molecule has 14 heavy (non-hydrogen) atoms. The maximum absolute atomic E-state index is 7.62. The minimum absolute atomic E-state index is 0.0829. The molecule has 72 valence electrons. The fourth-order valence-corrected chi connectivity index (χ4v) is 1.29. The molecular weight excluding hydrogens is 180 g/mol. The number of nitrogens with one attached hydrogen (secondary N) is 1. The zero-order valence-electron chi connectivity index (χ0n) is 7.78. The van der Waals surface area contributed by atoms with Crippen LogP contribution in [0.25, 0.3) is 11.0 Å². The molecule has 2 heterocycles. The van der Waals surface area contributed by atoms with Crippen molar-refractivity contribution in [2.45, 2.75) is 6.92 Å². The van der Waals surface area contributed by atoms with Gasteiger partial charge in [0.1, 0.15) is 11.3 Å². The van der Waals surface area contributed by atoms with E-state index in [-0.39, 0.29) is 5.90 Å². The summed E-state index contributed by atoms with van der Waals surface area (Å²) in [6.07, 6.45) is 3.18. The predicted octanol–water partition coefficient (Wildman–Crippen LogP) is 2.19. The van der Waals surface area contributed by atoms with E-state index < -0.39 is 0 Å². The highest BCUT2D eigenvalue weighted by molar-refractivity contribution is 6.02. The largest absolute Gasteiger partial charge is 0.477 e. The van der Waals surface area contributed by atoms with Crippen LogP contribution in [0.2, 0.25) is 0 Å². The smallest absolute Gasteiger partial charge is 0.233 e. The summed E-state index contributed by atoms with van der Waals surface area (Å²) in [5, 5.41) is 8.44. The summed E-state index contributed by atoms with van der Waals surface area (Å²) in [6, 6.07) is 3.54. The molecule has 0 fully saturated rings. The molecule has 0 spiro atoms. The maximum atomic E-state index is 7.62. The monoisotopic (exact) mass is 190 g/mol. The lowest BCUT2D eigenvalue weighted by molar-refractivity contribution is 0.325. The molecule has 0 amide bonds. The van der Waals surface area contributed by atoms with Crippen LogP contribution in [-0.4, -0.2) is 17.5 Å². The Kier molecular flexibility index (Phi) is 2.18. The van der Waals surface area contributed by atoms with E-state index in [1.54, 1.807) is 24.6 Å². The fourth-order valence-electron chi connectivity index (χ4n) is 1.29. The lowest BCUT2D eigenvalue weighted by Crippen LogP contribution is -2.06. The zero-order valence-corrected chi connectivity index (χ0v) is 7.78. The van der Waals surface area contributed by atoms with Crippen LogP contribution in [0.4, 0.5) is 0 Å². The number of furan rings is 1. The summed E-state index contributed by atoms with van der Waals surface area (Å²) >= 11 is 0. The van der Waals surface area contributed by atoms with Gasteiger partial charge in [0.15, 0.2) is 0 Å². The Balaban J connectivity index is 2.50. The molecule has 0 atom stereocenters. The summed E-state index contributed by atoms with van der Waals surface area (Å²) in [6.45, 7) is 2.30. The van der Waals surface area contributed by atoms with E-state index >= 15 is 0 Å². The van der Waals surface area contributed by atoms with Crippen molar-refractivity contribution in [2.75, 3.05) is 6.61 Å². The highest BCUT2D eigenvalue weighted by Gasteiger charge is 2.10. The average molecular weight is 190 g/mol. The average Bonchev–Trinajstić information content (AvgIpc) is 2.65. The third kappa shape index (κ3) is 1.35. The Hall–Kier alpha value is -1.84. The first-order valence-electron chi connectivity index (χ1n) is 4.37.